The molecular formula is C14H24N4O4S. The number of carbonyl (C=O) groups is 1. The van der Waals surface area contributed by atoms with Gasteiger partial charge in [0.15, 0.2) is 0 Å². The minimum Gasteiger partial charge on any atom is -0.376 e. The maximum absolute atomic E-state index is 12.3. The van der Waals surface area contributed by atoms with Crippen molar-refractivity contribution in [2.45, 2.75) is 44.2 Å². The number of amides is 1. The summed E-state index contributed by atoms with van der Waals surface area (Å²) >= 11 is 0. The molecule has 2 rings (SSSR count). The Kier molecular flexibility index (Phi) is 5.43. The second kappa shape index (κ2) is 6.98. The summed E-state index contributed by atoms with van der Waals surface area (Å²) in [5.74, 6) is -0.208. The fourth-order valence-electron chi connectivity index (χ4n) is 2.62. The molecule has 130 valence electrons. The predicted molar refractivity (Wildman–Crippen MR) is 84.6 cm³/mol. The first-order chi connectivity index (χ1) is 10.7. The number of nitrogens with zero attached hydrogens (tertiary/aromatic N) is 3. The molecule has 0 aromatic carbocycles. The van der Waals surface area contributed by atoms with Crippen LogP contribution in [0, 0.1) is 13.8 Å². The number of ether oxygens (including phenoxy) is 1. The second-order valence-electron chi connectivity index (χ2n) is 5.88. The molecule has 1 aliphatic heterocycles. The fourth-order valence-corrected chi connectivity index (χ4v) is 3.87. The summed E-state index contributed by atoms with van der Waals surface area (Å²) in [4.78, 5) is 12.2. The van der Waals surface area contributed by atoms with Crippen molar-refractivity contribution in [3.05, 3.63) is 11.4 Å². The van der Waals surface area contributed by atoms with Crippen LogP contribution in [0.2, 0.25) is 0 Å². The molecule has 1 aromatic heterocycles. The Labute approximate surface area is 136 Å². The van der Waals surface area contributed by atoms with Crippen LogP contribution in [0.25, 0.3) is 0 Å². The van der Waals surface area contributed by atoms with Crippen molar-refractivity contribution in [3.8, 4) is 0 Å². The number of nitrogens with one attached hydrogen (secondary N) is 1. The molecule has 0 spiro atoms. The van der Waals surface area contributed by atoms with E-state index in [9.17, 15) is 13.2 Å². The summed E-state index contributed by atoms with van der Waals surface area (Å²) in [6.45, 7) is 4.49. The van der Waals surface area contributed by atoms with Gasteiger partial charge in [-0.15, -0.1) is 0 Å². The Morgan fingerprint density at radius 1 is 1.43 bits per heavy atom. The normalized spacial score (nSPS) is 18.6. The van der Waals surface area contributed by atoms with Crippen LogP contribution < -0.4 is 5.32 Å². The van der Waals surface area contributed by atoms with Gasteiger partial charge >= 0.3 is 0 Å². The van der Waals surface area contributed by atoms with Gasteiger partial charge in [0.2, 0.25) is 15.9 Å². The van der Waals surface area contributed by atoms with Gasteiger partial charge in [-0.3, -0.25) is 9.48 Å². The van der Waals surface area contributed by atoms with E-state index in [0.717, 1.165) is 23.8 Å². The van der Waals surface area contributed by atoms with Crippen LogP contribution in [0.3, 0.4) is 0 Å². The maximum atomic E-state index is 12.3. The van der Waals surface area contributed by atoms with E-state index in [1.54, 1.807) is 13.8 Å². The molecule has 0 radical (unpaired) electrons. The van der Waals surface area contributed by atoms with Crippen LogP contribution in [-0.4, -0.2) is 61.8 Å². The van der Waals surface area contributed by atoms with E-state index >= 15 is 0 Å². The molecule has 1 saturated heterocycles. The number of carbonyl (C=O) groups excluding carboxylic acids is 1. The Hall–Kier alpha value is -1.45. The Morgan fingerprint density at radius 3 is 2.70 bits per heavy atom. The van der Waals surface area contributed by atoms with Gasteiger partial charge in [0.05, 0.1) is 17.5 Å². The summed E-state index contributed by atoms with van der Waals surface area (Å²) in [5.41, 5.74) is 0.853. The highest BCUT2D eigenvalue weighted by Crippen LogP contribution is 2.21. The molecule has 8 nitrogen and oxygen atoms in total. The predicted octanol–water partition coefficient (Wildman–Crippen LogP) is 0.0454. The molecule has 0 aliphatic carbocycles. The molecule has 1 N–H and O–H groups in total. The van der Waals surface area contributed by atoms with Crippen molar-refractivity contribution >= 4 is 15.9 Å². The maximum Gasteiger partial charge on any atom is 0.246 e. The molecule has 1 amide bonds. The van der Waals surface area contributed by atoms with Crippen molar-refractivity contribution in [1.82, 2.24) is 19.4 Å². The second-order valence-corrected chi connectivity index (χ2v) is 7.97. The van der Waals surface area contributed by atoms with Crippen LogP contribution in [0.15, 0.2) is 4.90 Å². The van der Waals surface area contributed by atoms with Crippen LogP contribution in [0.4, 0.5) is 0 Å². The van der Waals surface area contributed by atoms with Crippen LogP contribution in [0.1, 0.15) is 24.2 Å². The highest BCUT2D eigenvalue weighted by Gasteiger charge is 2.27. The van der Waals surface area contributed by atoms with Crippen LogP contribution in [-0.2, 0) is 26.1 Å². The first-order valence-electron chi connectivity index (χ1n) is 7.58. The molecule has 0 unspecified atom stereocenters. The zero-order valence-electron chi connectivity index (χ0n) is 14.0. The smallest absolute Gasteiger partial charge is 0.246 e. The lowest BCUT2D eigenvalue weighted by molar-refractivity contribution is -0.122. The van der Waals surface area contributed by atoms with Gasteiger partial charge in [0.25, 0.3) is 0 Å². The Bertz CT molecular complexity index is 675. The molecule has 1 atom stereocenters. The van der Waals surface area contributed by atoms with E-state index < -0.39 is 10.0 Å². The van der Waals surface area contributed by atoms with Crippen molar-refractivity contribution in [2.75, 3.05) is 27.2 Å². The summed E-state index contributed by atoms with van der Waals surface area (Å²) in [6.07, 6.45) is 2.04. The minimum absolute atomic E-state index is 0.0116. The van der Waals surface area contributed by atoms with E-state index in [0.29, 0.717) is 17.9 Å². The van der Waals surface area contributed by atoms with Gasteiger partial charge in [0, 0.05) is 27.2 Å². The zero-order chi connectivity index (χ0) is 17.2. The molecule has 0 saturated carbocycles. The topological polar surface area (TPSA) is 93.5 Å². The summed E-state index contributed by atoms with van der Waals surface area (Å²) < 4.78 is 32.7. The van der Waals surface area contributed by atoms with E-state index in [4.69, 9.17) is 4.74 Å². The van der Waals surface area contributed by atoms with E-state index in [-0.39, 0.29) is 23.5 Å². The largest absolute Gasteiger partial charge is 0.376 e. The van der Waals surface area contributed by atoms with Gasteiger partial charge in [-0.05, 0) is 26.7 Å². The average Bonchev–Trinajstić information content (AvgIpc) is 3.05. The zero-order valence-corrected chi connectivity index (χ0v) is 14.8. The number of aryl methyl sites for hydroxylation is 1. The third-order valence-electron chi connectivity index (χ3n) is 3.90. The quantitative estimate of drug-likeness (QED) is 0.787. The van der Waals surface area contributed by atoms with E-state index in [1.165, 1.54) is 18.8 Å². The van der Waals surface area contributed by atoms with Crippen molar-refractivity contribution < 1.29 is 17.9 Å². The standard InChI is InChI=1S/C14H24N4O4S/c1-10-14(23(20,21)17(3)4)11(2)18(16-10)9-13(19)15-8-12-6-5-7-22-12/h12H,5-9H2,1-4H3,(H,15,19)/t12-/m0/s1. The minimum atomic E-state index is -3.58. The summed E-state index contributed by atoms with van der Waals surface area (Å²) in [6, 6.07) is 0. The van der Waals surface area contributed by atoms with E-state index in [1.807, 2.05) is 0 Å². The number of rotatable bonds is 6. The highest BCUT2D eigenvalue weighted by atomic mass is 32.2. The number of hydrogen-bond donors (Lipinski definition) is 1. The highest BCUT2D eigenvalue weighted by molar-refractivity contribution is 7.89. The molecule has 9 heteroatoms. The molecule has 23 heavy (non-hydrogen) atoms. The monoisotopic (exact) mass is 344 g/mol. The fraction of sp³-hybridized carbons (Fsp3) is 0.714. The Balaban J connectivity index is 2.07. The van der Waals surface area contributed by atoms with Crippen LogP contribution >= 0.6 is 0 Å². The van der Waals surface area contributed by atoms with Gasteiger partial charge in [-0.25, -0.2) is 12.7 Å². The molecule has 1 aliphatic rings. The number of aromatic nitrogens is 2. The molecular weight excluding hydrogens is 320 g/mol. The molecule has 0 bridgehead atoms. The van der Waals surface area contributed by atoms with E-state index in [2.05, 4.69) is 10.4 Å². The van der Waals surface area contributed by atoms with Crippen molar-refractivity contribution in [2.24, 2.45) is 0 Å². The lowest BCUT2D eigenvalue weighted by Crippen LogP contribution is -2.34. The van der Waals surface area contributed by atoms with Gasteiger partial charge < -0.3 is 10.1 Å². The summed E-state index contributed by atoms with van der Waals surface area (Å²) in [5, 5.41) is 7.00. The first kappa shape index (κ1) is 17.9. The molecule has 1 fully saturated rings. The summed E-state index contributed by atoms with van der Waals surface area (Å²) in [7, 11) is -0.636. The van der Waals surface area contributed by atoms with Crippen LogP contribution in [0.5, 0.6) is 0 Å². The SMILES string of the molecule is Cc1nn(CC(=O)NC[C@@H]2CCCO2)c(C)c1S(=O)(=O)N(C)C. The molecule has 1 aromatic rings. The van der Waals surface area contributed by atoms with Gasteiger partial charge in [-0.1, -0.05) is 0 Å². The number of hydrogen-bond acceptors (Lipinski definition) is 5. The van der Waals surface area contributed by atoms with Gasteiger partial charge in [0.1, 0.15) is 11.4 Å². The average molecular weight is 344 g/mol. The van der Waals surface area contributed by atoms with Crippen molar-refractivity contribution in [3.63, 3.8) is 0 Å². The first-order valence-corrected chi connectivity index (χ1v) is 9.02. The number of sulfonamides is 1. The van der Waals surface area contributed by atoms with Crippen molar-refractivity contribution in [1.29, 1.82) is 0 Å². The molecule has 2 heterocycles. The Morgan fingerprint density at radius 2 is 2.13 bits per heavy atom. The lowest BCUT2D eigenvalue weighted by atomic mass is 10.2. The third-order valence-corrected chi connectivity index (χ3v) is 5.97. The van der Waals surface area contributed by atoms with Gasteiger partial charge in [-0.2, -0.15) is 5.10 Å². The lowest BCUT2D eigenvalue weighted by Gasteiger charge is -2.12. The third kappa shape index (κ3) is 3.91.